The van der Waals surface area contributed by atoms with Crippen molar-refractivity contribution < 1.29 is 14.3 Å². The highest BCUT2D eigenvalue weighted by molar-refractivity contribution is 6.45. The first kappa shape index (κ1) is 24.5. The van der Waals surface area contributed by atoms with Crippen molar-refractivity contribution >= 4 is 28.2 Å². The number of carbonyl (C=O) groups is 2. The van der Waals surface area contributed by atoms with E-state index < -0.39 is 11.7 Å². The Bertz CT molecular complexity index is 1640. The molecule has 1 aliphatic rings. The number of Topliss-reactive ketones (excluding diaryl/α,β-unsaturated/α-hetero) is 1. The van der Waals surface area contributed by atoms with Crippen molar-refractivity contribution in [2.45, 2.75) is 12.8 Å². The third-order valence-electron chi connectivity index (χ3n) is 6.80. The van der Waals surface area contributed by atoms with Gasteiger partial charge >= 0.3 is 0 Å². The normalized spacial score (nSPS) is 13.0. The summed E-state index contributed by atoms with van der Waals surface area (Å²) in [5.41, 5.74) is 5.11. The number of methoxy groups -OCH3 is 1. The van der Waals surface area contributed by atoms with Crippen molar-refractivity contribution in [1.82, 2.24) is 14.9 Å². The van der Waals surface area contributed by atoms with Gasteiger partial charge in [0, 0.05) is 24.8 Å². The number of benzene rings is 2. The number of nitrogens with zero attached hydrogens (tertiary/aromatic N) is 4. The number of piperidine rings is 1. The van der Waals surface area contributed by atoms with Crippen molar-refractivity contribution in [3.63, 3.8) is 0 Å². The predicted molar refractivity (Wildman–Crippen MR) is 142 cm³/mol. The van der Waals surface area contributed by atoms with Crippen LogP contribution in [-0.2, 0) is 4.79 Å². The first-order valence-corrected chi connectivity index (χ1v) is 12.1. The third-order valence-corrected chi connectivity index (χ3v) is 6.80. The van der Waals surface area contributed by atoms with Crippen LogP contribution in [0, 0.1) is 22.7 Å². The monoisotopic (exact) mass is 501 g/mol. The van der Waals surface area contributed by atoms with E-state index in [2.05, 4.69) is 22.1 Å². The number of ketones is 1. The number of carbonyl (C=O) groups excluding carboxylic acids is 2. The molecule has 0 saturated carbocycles. The molecule has 1 fully saturated rings. The van der Waals surface area contributed by atoms with Crippen LogP contribution in [0.15, 0.2) is 72.6 Å². The van der Waals surface area contributed by atoms with E-state index in [9.17, 15) is 14.9 Å². The number of H-pyrrole nitrogens is 1. The van der Waals surface area contributed by atoms with E-state index in [4.69, 9.17) is 10.00 Å². The minimum Gasteiger partial charge on any atom is -0.494 e. The highest BCUT2D eigenvalue weighted by atomic mass is 16.5. The molecule has 2 aromatic carbocycles. The Hall–Kier alpha value is -5.21. The number of rotatable bonds is 5. The fraction of sp³-hybridized carbons (Fsp3) is 0.167. The standard InChI is InChI=1S/C30H23N5O3/c1-38-25-18-34-27(22-9-7-19(15-31)8-10-22)28-26(25)24(17-33-28)29(36)30(37)35-13-11-21(12-14-35)23(16-32)20-5-3-2-4-6-20/h2-10,17-18,33H,11-14H2,1H3. The van der Waals surface area contributed by atoms with Crippen molar-refractivity contribution in [2.75, 3.05) is 20.2 Å². The smallest absolute Gasteiger partial charge is 0.295 e. The van der Waals surface area contributed by atoms with Gasteiger partial charge in [0.2, 0.25) is 0 Å². The SMILES string of the molecule is COc1cnc(-c2ccc(C#N)cc2)c2[nH]cc(C(=O)C(=O)N3CCC(=C(C#N)c4ccccc4)CC3)c12. The second-order valence-corrected chi connectivity index (χ2v) is 8.89. The van der Waals surface area contributed by atoms with Crippen molar-refractivity contribution in [2.24, 2.45) is 0 Å². The van der Waals surface area contributed by atoms with Crippen LogP contribution in [0.4, 0.5) is 0 Å². The highest BCUT2D eigenvalue weighted by Gasteiger charge is 2.30. The first-order valence-electron chi connectivity index (χ1n) is 12.1. The van der Waals surface area contributed by atoms with Gasteiger partial charge in [-0.2, -0.15) is 10.5 Å². The minimum atomic E-state index is -0.637. The number of nitriles is 2. The molecule has 186 valence electrons. The fourth-order valence-electron chi connectivity index (χ4n) is 4.81. The second kappa shape index (κ2) is 10.4. The van der Waals surface area contributed by atoms with E-state index in [1.165, 1.54) is 19.5 Å². The summed E-state index contributed by atoms with van der Waals surface area (Å²) < 4.78 is 5.48. The van der Waals surface area contributed by atoms with Crippen molar-refractivity contribution in [3.8, 4) is 29.1 Å². The largest absolute Gasteiger partial charge is 0.494 e. The van der Waals surface area contributed by atoms with Gasteiger partial charge in [-0.3, -0.25) is 14.6 Å². The Morgan fingerprint density at radius 1 is 1.03 bits per heavy atom. The summed E-state index contributed by atoms with van der Waals surface area (Å²) in [4.78, 5) is 35.8. The van der Waals surface area contributed by atoms with E-state index in [0.717, 1.165) is 16.7 Å². The number of ether oxygens (including phenoxy) is 1. The molecule has 38 heavy (non-hydrogen) atoms. The number of aromatic nitrogens is 2. The molecule has 5 rings (SSSR count). The van der Waals surface area contributed by atoms with E-state index in [1.807, 2.05) is 30.3 Å². The third kappa shape index (κ3) is 4.40. The molecular weight excluding hydrogens is 478 g/mol. The molecule has 3 heterocycles. The molecule has 0 radical (unpaired) electrons. The first-order chi connectivity index (χ1) is 18.5. The zero-order valence-electron chi connectivity index (χ0n) is 20.7. The molecule has 1 amide bonds. The van der Waals surface area contributed by atoms with Crippen molar-refractivity contribution in [1.29, 1.82) is 10.5 Å². The topological polar surface area (TPSA) is 123 Å². The van der Waals surface area contributed by atoms with Crippen molar-refractivity contribution in [3.05, 3.63) is 89.3 Å². The summed E-state index contributed by atoms with van der Waals surface area (Å²) in [6.45, 7) is 0.713. The highest BCUT2D eigenvalue weighted by Crippen LogP contribution is 2.35. The van der Waals surface area contributed by atoms with Crippen LogP contribution in [0.1, 0.15) is 34.3 Å². The molecule has 0 bridgehead atoms. The molecule has 1 saturated heterocycles. The number of amides is 1. The maximum absolute atomic E-state index is 13.4. The van der Waals surface area contributed by atoms with Crippen LogP contribution in [0.2, 0.25) is 0 Å². The van der Waals surface area contributed by atoms with E-state index >= 15 is 0 Å². The number of hydrogen-bond donors (Lipinski definition) is 1. The van der Waals surface area contributed by atoms with Crippen LogP contribution in [-0.4, -0.2) is 46.8 Å². The van der Waals surface area contributed by atoms with Gasteiger partial charge < -0.3 is 14.6 Å². The molecule has 2 aromatic heterocycles. The average molecular weight is 502 g/mol. The van der Waals surface area contributed by atoms with Crippen LogP contribution in [0.3, 0.4) is 0 Å². The Balaban J connectivity index is 1.42. The molecule has 0 aliphatic carbocycles. The maximum Gasteiger partial charge on any atom is 0.295 e. The van der Waals surface area contributed by atoms with E-state index in [1.54, 1.807) is 29.2 Å². The van der Waals surface area contributed by atoms with Gasteiger partial charge in [0.15, 0.2) is 0 Å². The number of hydrogen-bond acceptors (Lipinski definition) is 6. The molecule has 0 spiro atoms. The number of fused-ring (bicyclic) bond motifs is 1. The zero-order valence-corrected chi connectivity index (χ0v) is 20.7. The molecule has 8 heteroatoms. The fourth-order valence-corrected chi connectivity index (χ4v) is 4.81. The molecule has 1 N–H and O–H groups in total. The summed E-state index contributed by atoms with van der Waals surface area (Å²) >= 11 is 0. The number of nitrogens with one attached hydrogen (secondary N) is 1. The lowest BCUT2D eigenvalue weighted by Gasteiger charge is -2.28. The lowest BCUT2D eigenvalue weighted by molar-refractivity contribution is -0.126. The Morgan fingerprint density at radius 2 is 1.74 bits per heavy atom. The van der Waals surface area contributed by atoms with Gasteiger partial charge in [0.1, 0.15) is 5.75 Å². The van der Waals surface area contributed by atoms with Crippen LogP contribution < -0.4 is 4.74 Å². The van der Waals surface area contributed by atoms with Gasteiger partial charge in [0.25, 0.3) is 11.7 Å². The summed E-state index contributed by atoms with van der Waals surface area (Å²) in [6, 6.07) is 20.8. The summed E-state index contributed by atoms with van der Waals surface area (Å²) in [7, 11) is 1.49. The number of allylic oxidation sites excluding steroid dienone is 1. The van der Waals surface area contributed by atoms with Crippen LogP contribution in [0.25, 0.3) is 27.7 Å². The van der Waals surface area contributed by atoms with Crippen LogP contribution >= 0.6 is 0 Å². The zero-order chi connectivity index (χ0) is 26.6. The number of likely N-dealkylation sites (tertiary alicyclic amines) is 1. The van der Waals surface area contributed by atoms with Gasteiger partial charge in [0.05, 0.1) is 58.7 Å². The predicted octanol–water partition coefficient (Wildman–Crippen LogP) is 4.89. The molecule has 0 atom stereocenters. The average Bonchev–Trinajstić information content (AvgIpc) is 3.43. The molecule has 4 aromatic rings. The second-order valence-electron chi connectivity index (χ2n) is 8.89. The molecule has 0 unspecified atom stereocenters. The Kier molecular flexibility index (Phi) is 6.71. The van der Waals surface area contributed by atoms with Crippen LogP contribution in [0.5, 0.6) is 5.75 Å². The van der Waals surface area contributed by atoms with Gasteiger partial charge in [-0.1, -0.05) is 42.5 Å². The maximum atomic E-state index is 13.4. The van der Waals surface area contributed by atoms with Gasteiger partial charge in [-0.05, 0) is 36.1 Å². The molecule has 8 nitrogen and oxygen atoms in total. The summed E-state index contributed by atoms with van der Waals surface area (Å²) in [5, 5.41) is 19.3. The molecule has 1 aliphatic heterocycles. The lowest BCUT2D eigenvalue weighted by atomic mass is 9.93. The summed E-state index contributed by atoms with van der Waals surface area (Å²) in [6.07, 6.45) is 4.10. The van der Waals surface area contributed by atoms with E-state index in [-0.39, 0.29) is 5.56 Å². The van der Waals surface area contributed by atoms with Gasteiger partial charge in [-0.15, -0.1) is 0 Å². The minimum absolute atomic E-state index is 0.211. The molecular formula is C30H23N5O3. The quantitative estimate of drug-likeness (QED) is 0.236. The Morgan fingerprint density at radius 3 is 2.37 bits per heavy atom. The lowest BCUT2D eigenvalue weighted by Crippen LogP contribution is -2.40. The van der Waals surface area contributed by atoms with Gasteiger partial charge in [-0.25, -0.2) is 0 Å². The Labute approximate surface area is 219 Å². The van der Waals surface area contributed by atoms with E-state index in [0.29, 0.717) is 59.4 Å². The summed E-state index contributed by atoms with van der Waals surface area (Å²) in [5.74, 6) is -0.857. The number of pyridine rings is 1. The number of aromatic amines is 1.